The normalized spacial score (nSPS) is 17.9. The van der Waals surface area contributed by atoms with Gasteiger partial charge in [0.15, 0.2) is 0 Å². The number of carbonyl (C=O) groups excluding carboxylic acids is 2. The van der Waals surface area contributed by atoms with Gasteiger partial charge < -0.3 is 10.6 Å². The molecule has 2 amide bonds. The minimum absolute atomic E-state index is 0.0578. The first-order valence-electron chi connectivity index (χ1n) is 11.0. The molecule has 0 spiro atoms. The molecule has 1 aliphatic heterocycles. The lowest BCUT2D eigenvalue weighted by Crippen LogP contribution is -2.37. The smallest absolute Gasteiger partial charge is 0.322 e. The van der Waals surface area contributed by atoms with Crippen molar-refractivity contribution in [2.45, 2.75) is 30.6 Å². The van der Waals surface area contributed by atoms with E-state index in [-0.39, 0.29) is 17.6 Å². The van der Waals surface area contributed by atoms with Crippen LogP contribution < -0.4 is 15.5 Å². The summed E-state index contributed by atoms with van der Waals surface area (Å²) in [4.78, 5) is 27.5. The third-order valence-corrected chi connectivity index (χ3v) is 6.39. The van der Waals surface area contributed by atoms with E-state index in [1.165, 1.54) is 36.4 Å². The molecule has 35 heavy (non-hydrogen) atoms. The maximum absolute atomic E-state index is 13.4. The lowest BCUT2D eigenvalue weighted by Gasteiger charge is -2.27. The van der Waals surface area contributed by atoms with Gasteiger partial charge in [0.2, 0.25) is 0 Å². The summed E-state index contributed by atoms with van der Waals surface area (Å²) in [6.45, 7) is 0. The van der Waals surface area contributed by atoms with Gasteiger partial charge >= 0.3 is 6.18 Å². The Morgan fingerprint density at radius 3 is 2.29 bits per heavy atom. The first kappa shape index (κ1) is 24.8. The third-order valence-electron chi connectivity index (χ3n) is 5.98. The Labute approximate surface area is 205 Å². The van der Waals surface area contributed by atoms with E-state index in [1.54, 1.807) is 4.90 Å². The lowest BCUT2D eigenvalue weighted by molar-refractivity contribution is -0.137. The highest BCUT2D eigenvalue weighted by Gasteiger charge is 2.35. The molecule has 9 heteroatoms. The monoisotopic (exact) mass is 501 g/mol. The molecule has 4 rings (SSSR count). The molecule has 0 radical (unpaired) electrons. The van der Waals surface area contributed by atoms with E-state index in [9.17, 15) is 22.8 Å². The number of rotatable bonds is 4. The van der Waals surface area contributed by atoms with Crippen molar-refractivity contribution >= 4 is 34.8 Å². The van der Waals surface area contributed by atoms with Crippen LogP contribution in [0.5, 0.6) is 0 Å². The average Bonchev–Trinajstić information content (AvgIpc) is 2.99. The number of benzene rings is 3. The molecule has 182 valence electrons. The Hall–Kier alpha value is -3.36. The fraction of sp³-hybridized carbons (Fsp3) is 0.231. The van der Waals surface area contributed by atoms with Gasteiger partial charge in [0.05, 0.1) is 16.8 Å². The first-order chi connectivity index (χ1) is 16.7. The van der Waals surface area contributed by atoms with Crippen LogP contribution in [-0.4, -0.2) is 24.4 Å². The van der Waals surface area contributed by atoms with Crippen molar-refractivity contribution in [3.63, 3.8) is 0 Å². The van der Waals surface area contributed by atoms with Gasteiger partial charge in [0.1, 0.15) is 5.50 Å². The zero-order valence-corrected chi connectivity index (χ0v) is 19.5. The van der Waals surface area contributed by atoms with Crippen molar-refractivity contribution in [2.24, 2.45) is 0 Å². The summed E-state index contributed by atoms with van der Waals surface area (Å²) in [5.41, 5.74) is 0.233. The van der Waals surface area contributed by atoms with Crippen LogP contribution in [0.4, 0.5) is 24.5 Å². The number of fused-ring (bicyclic) bond motifs is 1. The summed E-state index contributed by atoms with van der Waals surface area (Å²) in [6, 6.07) is 18.2. The molecule has 2 atom stereocenters. The molecule has 1 heterocycles. The number of anilines is 2. The van der Waals surface area contributed by atoms with Crippen LogP contribution in [0.3, 0.4) is 0 Å². The van der Waals surface area contributed by atoms with E-state index in [1.807, 2.05) is 31.3 Å². The van der Waals surface area contributed by atoms with Gasteiger partial charge in [-0.25, -0.2) is 0 Å². The summed E-state index contributed by atoms with van der Waals surface area (Å²) < 4.78 is 39.7. The molecule has 5 nitrogen and oxygen atoms in total. The zero-order chi connectivity index (χ0) is 25.2. The fourth-order valence-corrected chi connectivity index (χ4v) is 4.56. The molecule has 0 saturated heterocycles. The van der Waals surface area contributed by atoms with Crippen LogP contribution in [-0.2, 0) is 6.18 Å². The third kappa shape index (κ3) is 5.18. The van der Waals surface area contributed by atoms with E-state index in [4.69, 9.17) is 11.6 Å². The summed E-state index contributed by atoms with van der Waals surface area (Å²) in [7, 11) is 1.86. The minimum atomic E-state index is -4.65. The number of alkyl halides is 4. The molecule has 3 aromatic rings. The van der Waals surface area contributed by atoms with Gasteiger partial charge in [0.25, 0.3) is 11.8 Å². The van der Waals surface area contributed by atoms with Crippen molar-refractivity contribution in [1.82, 2.24) is 5.32 Å². The number of hydrogen-bond acceptors (Lipinski definition) is 3. The van der Waals surface area contributed by atoms with Crippen LogP contribution in [0.2, 0.25) is 0 Å². The van der Waals surface area contributed by atoms with Crippen molar-refractivity contribution in [3.8, 4) is 0 Å². The Balaban J connectivity index is 1.57. The molecule has 0 saturated carbocycles. The van der Waals surface area contributed by atoms with Crippen molar-refractivity contribution in [1.29, 1.82) is 0 Å². The highest BCUT2D eigenvalue weighted by molar-refractivity contribution is 6.26. The van der Waals surface area contributed by atoms with E-state index in [0.29, 0.717) is 12.0 Å². The van der Waals surface area contributed by atoms with Crippen LogP contribution in [0.25, 0.3) is 0 Å². The second-order valence-corrected chi connectivity index (χ2v) is 8.67. The van der Waals surface area contributed by atoms with E-state index in [0.717, 1.165) is 29.8 Å². The molecule has 0 aliphatic carbocycles. The molecule has 2 unspecified atom stereocenters. The van der Waals surface area contributed by atoms with Crippen LogP contribution >= 0.6 is 11.6 Å². The van der Waals surface area contributed by atoms with Crippen molar-refractivity contribution in [2.75, 3.05) is 17.3 Å². The van der Waals surface area contributed by atoms with Gasteiger partial charge in [-0.05, 0) is 67.9 Å². The number of nitrogens with zero attached hydrogens (tertiary/aromatic N) is 1. The number of amides is 2. The summed E-state index contributed by atoms with van der Waals surface area (Å²) in [6.07, 6.45) is -3.31. The van der Waals surface area contributed by atoms with Crippen molar-refractivity contribution in [3.05, 3.63) is 95.1 Å². The topological polar surface area (TPSA) is 61.4 Å². The molecular weight excluding hydrogens is 479 g/mol. The largest absolute Gasteiger partial charge is 0.417 e. The van der Waals surface area contributed by atoms with Gasteiger partial charge in [0, 0.05) is 17.3 Å². The average molecular weight is 502 g/mol. The number of nitrogens with one attached hydrogen (secondary N) is 2. The molecule has 0 bridgehead atoms. The zero-order valence-electron chi connectivity index (χ0n) is 18.8. The summed E-state index contributed by atoms with van der Waals surface area (Å²) in [5.74, 6) is -1.20. The van der Waals surface area contributed by atoms with Crippen molar-refractivity contribution < 1.29 is 22.8 Å². The number of para-hydroxylation sites is 1. The molecule has 3 aromatic carbocycles. The Kier molecular flexibility index (Phi) is 7.14. The van der Waals surface area contributed by atoms with Gasteiger partial charge in [-0.2, -0.15) is 13.2 Å². The molecule has 2 N–H and O–H groups in total. The second-order valence-electron chi connectivity index (χ2n) is 8.16. The van der Waals surface area contributed by atoms with Crippen LogP contribution in [0.1, 0.15) is 50.7 Å². The fourth-order valence-electron chi connectivity index (χ4n) is 4.24. The maximum Gasteiger partial charge on any atom is 0.417 e. The molecular formula is C26H23ClF3N3O2. The minimum Gasteiger partial charge on any atom is -0.322 e. The first-order valence-corrected chi connectivity index (χ1v) is 11.5. The lowest BCUT2D eigenvalue weighted by atomic mass is 10.0. The number of halogens is 4. The highest BCUT2D eigenvalue weighted by Crippen LogP contribution is 2.37. The maximum atomic E-state index is 13.4. The van der Waals surface area contributed by atoms with Crippen LogP contribution in [0.15, 0.2) is 72.8 Å². The van der Waals surface area contributed by atoms with Gasteiger partial charge in [-0.1, -0.05) is 41.9 Å². The van der Waals surface area contributed by atoms with E-state index >= 15 is 0 Å². The summed E-state index contributed by atoms with van der Waals surface area (Å²) >= 11 is 6.63. The van der Waals surface area contributed by atoms with E-state index in [2.05, 4.69) is 10.6 Å². The second kappa shape index (κ2) is 10.1. The number of hydrogen-bond donors (Lipinski definition) is 2. The summed E-state index contributed by atoms with van der Waals surface area (Å²) in [5, 5.41) is 5.73. The predicted molar refractivity (Wildman–Crippen MR) is 130 cm³/mol. The SMILES string of the molecule is CNC1CCC(Cl)N(C(=O)c2ccc(NC(=O)c3ccccc3C(F)(F)F)cc2)c2ccccc21. The Morgan fingerprint density at radius 2 is 1.60 bits per heavy atom. The number of carbonyl (C=O) groups is 2. The van der Waals surface area contributed by atoms with E-state index < -0.39 is 28.7 Å². The molecule has 0 fully saturated rings. The van der Waals surface area contributed by atoms with Gasteiger partial charge in [-0.15, -0.1) is 0 Å². The highest BCUT2D eigenvalue weighted by atomic mass is 35.5. The van der Waals surface area contributed by atoms with Crippen LogP contribution in [0, 0.1) is 0 Å². The Morgan fingerprint density at radius 1 is 0.943 bits per heavy atom. The molecule has 0 aromatic heterocycles. The Bertz CT molecular complexity index is 1230. The van der Waals surface area contributed by atoms with Gasteiger partial charge in [-0.3, -0.25) is 14.5 Å². The molecule has 1 aliphatic rings. The quantitative estimate of drug-likeness (QED) is 0.329. The predicted octanol–water partition coefficient (Wildman–Crippen LogP) is 6.22. The standard InChI is InChI=1S/C26H23ClF3N3O2/c1-31-21-14-15-23(27)33(22-9-5-3-7-19(21)22)25(35)16-10-12-17(13-11-16)32-24(34)18-6-2-4-8-20(18)26(28,29)30/h2-13,21,23,31H,14-15H2,1H3,(H,32,34).